The van der Waals surface area contributed by atoms with E-state index in [-0.39, 0.29) is 11.3 Å². The van der Waals surface area contributed by atoms with E-state index in [0.29, 0.717) is 6.10 Å². The number of hydrogen-bond donors (Lipinski definition) is 0. The SMILES string of the molecule is CO[C@@H]1CCC[C@]12CCCN(C(=O)C(C)(C)N1CCOCC1)C2. The molecule has 0 N–H and O–H groups in total. The molecule has 0 unspecified atom stereocenters. The van der Waals surface area contributed by atoms with Gasteiger partial charge in [-0.15, -0.1) is 0 Å². The van der Waals surface area contributed by atoms with E-state index in [1.54, 1.807) is 0 Å². The number of carbonyl (C=O) groups is 1. The van der Waals surface area contributed by atoms with Gasteiger partial charge < -0.3 is 14.4 Å². The van der Waals surface area contributed by atoms with Crippen molar-refractivity contribution < 1.29 is 14.3 Å². The van der Waals surface area contributed by atoms with Gasteiger partial charge in [0.25, 0.3) is 0 Å². The second-order valence-electron chi connectivity index (χ2n) is 7.97. The Morgan fingerprint density at radius 1 is 1.17 bits per heavy atom. The summed E-state index contributed by atoms with van der Waals surface area (Å²) in [6.45, 7) is 9.06. The van der Waals surface area contributed by atoms with Crippen LogP contribution in [0, 0.1) is 5.41 Å². The Bertz CT molecular complexity index is 434. The summed E-state index contributed by atoms with van der Waals surface area (Å²) in [5.74, 6) is 0.278. The molecule has 2 saturated heterocycles. The third-order valence-corrected chi connectivity index (χ3v) is 6.33. The van der Waals surface area contributed by atoms with Crippen LogP contribution in [0.15, 0.2) is 0 Å². The molecule has 5 heteroatoms. The van der Waals surface area contributed by atoms with E-state index in [1.807, 2.05) is 7.11 Å². The van der Waals surface area contributed by atoms with Crippen molar-refractivity contribution in [1.29, 1.82) is 0 Å². The van der Waals surface area contributed by atoms with Crippen LogP contribution in [-0.2, 0) is 14.3 Å². The molecule has 0 aromatic carbocycles. The molecule has 0 bridgehead atoms. The highest BCUT2D eigenvalue weighted by atomic mass is 16.5. The molecule has 2 atom stereocenters. The highest BCUT2D eigenvalue weighted by Crippen LogP contribution is 2.46. The van der Waals surface area contributed by atoms with Crippen LogP contribution >= 0.6 is 0 Å². The summed E-state index contributed by atoms with van der Waals surface area (Å²) in [6, 6.07) is 0. The number of likely N-dealkylation sites (tertiary alicyclic amines) is 1. The van der Waals surface area contributed by atoms with E-state index in [0.717, 1.165) is 52.2 Å². The van der Waals surface area contributed by atoms with Gasteiger partial charge in [0.05, 0.1) is 24.9 Å². The van der Waals surface area contributed by atoms with E-state index >= 15 is 0 Å². The molecule has 23 heavy (non-hydrogen) atoms. The van der Waals surface area contributed by atoms with Crippen LogP contribution in [0.1, 0.15) is 46.0 Å². The zero-order chi connectivity index (χ0) is 16.5. The summed E-state index contributed by atoms with van der Waals surface area (Å²) >= 11 is 0. The number of amides is 1. The van der Waals surface area contributed by atoms with Crippen LogP contribution in [-0.4, -0.2) is 73.9 Å². The fraction of sp³-hybridized carbons (Fsp3) is 0.944. The van der Waals surface area contributed by atoms with Gasteiger partial charge in [0.1, 0.15) is 0 Å². The molecule has 3 aliphatic rings. The third-order valence-electron chi connectivity index (χ3n) is 6.33. The normalized spacial score (nSPS) is 33.3. The molecule has 1 spiro atoms. The number of rotatable bonds is 3. The van der Waals surface area contributed by atoms with Crippen LogP contribution in [0.2, 0.25) is 0 Å². The number of carbonyl (C=O) groups excluding carboxylic acids is 1. The first kappa shape index (κ1) is 17.2. The van der Waals surface area contributed by atoms with Crippen LogP contribution in [0.4, 0.5) is 0 Å². The van der Waals surface area contributed by atoms with Crippen molar-refractivity contribution in [3.8, 4) is 0 Å². The zero-order valence-corrected chi connectivity index (χ0v) is 15.0. The number of methoxy groups -OCH3 is 1. The van der Waals surface area contributed by atoms with Crippen molar-refractivity contribution in [1.82, 2.24) is 9.80 Å². The van der Waals surface area contributed by atoms with E-state index in [9.17, 15) is 4.79 Å². The van der Waals surface area contributed by atoms with Crippen molar-refractivity contribution >= 4 is 5.91 Å². The van der Waals surface area contributed by atoms with Gasteiger partial charge in [0.2, 0.25) is 5.91 Å². The van der Waals surface area contributed by atoms with Gasteiger partial charge >= 0.3 is 0 Å². The third kappa shape index (κ3) is 3.15. The number of nitrogens with zero attached hydrogens (tertiary/aromatic N) is 2. The highest BCUT2D eigenvalue weighted by Gasteiger charge is 2.48. The van der Waals surface area contributed by atoms with E-state index in [2.05, 4.69) is 23.6 Å². The second-order valence-corrected chi connectivity index (χ2v) is 7.97. The predicted octanol–water partition coefficient (Wildman–Crippen LogP) is 1.90. The molecule has 1 saturated carbocycles. The van der Waals surface area contributed by atoms with Gasteiger partial charge in [0, 0.05) is 38.7 Å². The molecular weight excluding hydrogens is 292 g/mol. The average molecular weight is 324 g/mol. The molecule has 3 rings (SSSR count). The molecule has 0 aromatic rings. The van der Waals surface area contributed by atoms with Crippen LogP contribution < -0.4 is 0 Å². The molecule has 0 radical (unpaired) electrons. The number of piperidine rings is 1. The lowest BCUT2D eigenvalue weighted by Crippen LogP contribution is -2.61. The molecule has 5 nitrogen and oxygen atoms in total. The van der Waals surface area contributed by atoms with Gasteiger partial charge in [0.15, 0.2) is 0 Å². The minimum Gasteiger partial charge on any atom is -0.381 e. The summed E-state index contributed by atoms with van der Waals surface area (Å²) in [6.07, 6.45) is 6.20. The molecule has 132 valence electrons. The maximum Gasteiger partial charge on any atom is 0.242 e. The summed E-state index contributed by atoms with van der Waals surface area (Å²) in [4.78, 5) is 17.7. The van der Waals surface area contributed by atoms with Crippen molar-refractivity contribution in [2.75, 3.05) is 46.5 Å². The van der Waals surface area contributed by atoms with Crippen molar-refractivity contribution in [3.05, 3.63) is 0 Å². The van der Waals surface area contributed by atoms with E-state index in [1.165, 1.54) is 19.3 Å². The Balaban J connectivity index is 1.71. The standard InChI is InChI=1S/C18H32N2O3/c1-17(2,20-10-12-23-13-11-20)16(21)19-9-5-8-18(14-19)7-4-6-15(18)22-3/h15H,4-14H2,1-3H3/t15-,18-/m1/s1. The molecular formula is C18H32N2O3. The van der Waals surface area contributed by atoms with Crippen LogP contribution in [0.25, 0.3) is 0 Å². The predicted molar refractivity (Wildman–Crippen MR) is 89.4 cm³/mol. The van der Waals surface area contributed by atoms with E-state index < -0.39 is 5.54 Å². The summed E-state index contributed by atoms with van der Waals surface area (Å²) in [5, 5.41) is 0. The Hall–Kier alpha value is -0.650. The molecule has 3 fully saturated rings. The fourth-order valence-electron chi connectivity index (χ4n) is 4.92. The van der Waals surface area contributed by atoms with Crippen LogP contribution in [0.5, 0.6) is 0 Å². The van der Waals surface area contributed by atoms with Gasteiger partial charge in [-0.25, -0.2) is 0 Å². The molecule has 0 aromatic heterocycles. The van der Waals surface area contributed by atoms with Gasteiger partial charge in [-0.2, -0.15) is 0 Å². The average Bonchev–Trinajstić information content (AvgIpc) is 2.96. The Labute approximate surface area is 140 Å². The lowest BCUT2D eigenvalue weighted by Gasteiger charge is -2.48. The first-order valence-corrected chi connectivity index (χ1v) is 9.15. The second kappa shape index (κ2) is 6.69. The Morgan fingerprint density at radius 2 is 1.87 bits per heavy atom. The minimum absolute atomic E-state index is 0.198. The van der Waals surface area contributed by atoms with Crippen molar-refractivity contribution in [3.63, 3.8) is 0 Å². The fourth-order valence-corrected chi connectivity index (χ4v) is 4.92. The lowest BCUT2D eigenvalue weighted by molar-refractivity contribution is -0.151. The van der Waals surface area contributed by atoms with Crippen molar-refractivity contribution in [2.24, 2.45) is 5.41 Å². The minimum atomic E-state index is -0.441. The zero-order valence-electron chi connectivity index (χ0n) is 15.0. The molecule has 1 aliphatic carbocycles. The smallest absolute Gasteiger partial charge is 0.242 e. The van der Waals surface area contributed by atoms with E-state index in [4.69, 9.17) is 9.47 Å². The van der Waals surface area contributed by atoms with Gasteiger partial charge in [-0.3, -0.25) is 9.69 Å². The number of hydrogen-bond acceptors (Lipinski definition) is 4. The molecule has 2 heterocycles. The lowest BCUT2D eigenvalue weighted by atomic mass is 9.76. The first-order chi connectivity index (χ1) is 11.0. The Kier molecular flexibility index (Phi) is 5.00. The topological polar surface area (TPSA) is 42.0 Å². The highest BCUT2D eigenvalue weighted by molar-refractivity contribution is 5.85. The quantitative estimate of drug-likeness (QED) is 0.795. The summed E-state index contributed by atoms with van der Waals surface area (Å²) < 4.78 is 11.2. The monoisotopic (exact) mass is 324 g/mol. The molecule has 2 aliphatic heterocycles. The van der Waals surface area contributed by atoms with Crippen LogP contribution in [0.3, 0.4) is 0 Å². The maximum atomic E-state index is 13.3. The Morgan fingerprint density at radius 3 is 2.57 bits per heavy atom. The van der Waals surface area contributed by atoms with Gasteiger partial charge in [-0.05, 0) is 39.5 Å². The summed E-state index contributed by atoms with van der Waals surface area (Å²) in [5.41, 5.74) is -0.243. The van der Waals surface area contributed by atoms with Gasteiger partial charge in [-0.1, -0.05) is 6.42 Å². The molecule has 1 amide bonds. The number of morpholine rings is 1. The maximum absolute atomic E-state index is 13.3. The van der Waals surface area contributed by atoms with Crippen molar-refractivity contribution in [2.45, 2.75) is 57.6 Å². The number of ether oxygens (including phenoxy) is 2. The first-order valence-electron chi connectivity index (χ1n) is 9.15. The summed E-state index contributed by atoms with van der Waals surface area (Å²) in [7, 11) is 1.83. The largest absolute Gasteiger partial charge is 0.381 e.